The normalized spacial score (nSPS) is 21.7. The Morgan fingerprint density at radius 2 is 2.26 bits per heavy atom. The Labute approximate surface area is 151 Å². The number of aryl methyl sites for hydroxylation is 1. The second kappa shape index (κ2) is 6.14. The van der Waals surface area contributed by atoms with Crippen molar-refractivity contribution < 1.29 is 13.2 Å². The van der Waals surface area contributed by atoms with E-state index in [9.17, 15) is 13.2 Å². The van der Waals surface area contributed by atoms with Crippen molar-refractivity contribution in [3.8, 4) is 0 Å². The van der Waals surface area contributed by atoms with Crippen LogP contribution in [0.25, 0.3) is 6.08 Å². The average Bonchev–Trinajstić information content (AvgIpc) is 2.79. The minimum Gasteiger partial charge on any atom is -0.768 e. The Hall–Kier alpha value is -0.430. The first kappa shape index (κ1) is 17.4. The Morgan fingerprint density at radius 3 is 2.87 bits per heavy atom. The van der Waals surface area contributed by atoms with Gasteiger partial charge in [0.25, 0.3) is 0 Å². The zero-order valence-corrected chi connectivity index (χ0v) is 16.0. The van der Waals surface area contributed by atoms with Crippen molar-refractivity contribution in [1.82, 2.24) is 4.90 Å². The molecule has 3 nitrogen and oxygen atoms in total. The van der Waals surface area contributed by atoms with E-state index < -0.39 is 16.7 Å². The Bertz CT molecular complexity index is 717. The van der Waals surface area contributed by atoms with Crippen LogP contribution in [0.4, 0.5) is 4.39 Å². The molecular formula is C16H17BrClFNO2S-. The predicted octanol–water partition coefficient (Wildman–Crippen LogP) is 4.41. The molecule has 1 aromatic carbocycles. The van der Waals surface area contributed by atoms with Crippen molar-refractivity contribution in [2.75, 3.05) is 6.54 Å². The Balaban J connectivity index is 2.14. The summed E-state index contributed by atoms with van der Waals surface area (Å²) in [6.45, 7) is 3.60. The Morgan fingerprint density at radius 1 is 1.57 bits per heavy atom. The van der Waals surface area contributed by atoms with Crippen LogP contribution in [0.2, 0.25) is 0 Å². The lowest BCUT2D eigenvalue weighted by atomic mass is 9.94. The van der Waals surface area contributed by atoms with Gasteiger partial charge >= 0.3 is 0 Å². The van der Waals surface area contributed by atoms with Crippen molar-refractivity contribution in [2.24, 2.45) is 0 Å². The van der Waals surface area contributed by atoms with Crippen molar-refractivity contribution in [3.05, 3.63) is 33.5 Å². The van der Waals surface area contributed by atoms with Gasteiger partial charge in [-0.05, 0) is 72.2 Å². The summed E-state index contributed by atoms with van der Waals surface area (Å²) in [5.74, 6) is 0. The van der Waals surface area contributed by atoms with E-state index in [1.807, 2.05) is 0 Å². The monoisotopic (exact) mass is 420 g/mol. The van der Waals surface area contributed by atoms with Crippen LogP contribution in [0.5, 0.6) is 0 Å². The van der Waals surface area contributed by atoms with Gasteiger partial charge in [-0.25, -0.2) is 4.39 Å². The fraction of sp³-hybridized carbons (Fsp3) is 0.500. The molecule has 0 amide bonds. The van der Waals surface area contributed by atoms with Gasteiger partial charge in [0, 0.05) is 16.3 Å². The van der Waals surface area contributed by atoms with Gasteiger partial charge in [-0.1, -0.05) is 27.5 Å². The van der Waals surface area contributed by atoms with Crippen molar-refractivity contribution in [3.63, 3.8) is 0 Å². The number of alkyl halides is 2. The zero-order chi connectivity index (χ0) is 16.9. The van der Waals surface area contributed by atoms with Crippen LogP contribution in [0.1, 0.15) is 47.3 Å². The van der Waals surface area contributed by atoms with E-state index in [0.717, 1.165) is 29.5 Å². The maximum absolute atomic E-state index is 14.0. The van der Waals surface area contributed by atoms with E-state index >= 15 is 0 Å². The molecule has 1 aliphatic carbocycles. The minimum atomic E-state index is -2.33. The molecule has 1 heterocycles. The molecule has 0 radical (unpaired) electrons. The van der Waals surface area contributed by atoms with Gasteiger partial charge in [0.05, 0.1) is 6.54 Å². The molecule has 1 aromatic rings. The van der Waals surface area contributed by atoms with E-state index in [1.165, 1.54) is 13.8 Å². The molecule has 23 heavy (non-hydrogen) atoms. The summed E-state index contributed by atoms with van der Waals surface area (Å²) >= 11 is 7.63. The van der Waals surface area contributed by atoms with Gasteiger partial charge in [0.2, 0.25) is 0 Å². The molecular weight excluding hydrogens is 405 g/mol. The SMILES string of the molecule is CC(C)(F)CN1Cc2c(c(S(=O)[O-])cc3c2C(Br)CC3)C=C1Cl. The minimum absolute atomic E-state index is 0.161. The first-order valence-electron chi connectivity index (χ1n) is 7.40. The summed E-state index contributed by atoms with van der Waals surface area (Å²) in [6.07, 6.45) is 3.42. The molecule has 0 N–H and O–H groups in total. The second-order valence-electron chi connectivity index (χ2n) is 6.62. The molecule has 7 heteroatoms. The lowest BCUT2D eigenvalue weighted by Crippen LogP contribution is -2.35. The van der Waals surface area contributed by atoms with Crippen LogP contribution in [-0.4, -0.2) is 25.9 Å². The van der Waals surface area contributed by atoms with Crippen LogP contribution in [0.15, 0.2) is 16.1 Å². The topological polar surface area (TPSA) is 43.4 Å². The maximum atomic E-state index is 14.0. The predicted molar refractivity (Wildman–Crippen MR) is 93.0 cm³/mol. The molecule has 2 atom stereocenters. The molecule has 0 saturated carbocycles. The molecule has 0 spiro atoms. The molecule has 3 rings (SSSR count). The quantitative estimate of drug-likeness (QED) is 0.412. The standard InChI is InChI=1S/C16H18BrClFNO2S/c1-16(2,19)8-20-7-11-10(6-14(20)18)13(23(21)22)5-9-3-4-12(17)15(9)11/h5-6,12H,3-4,7-8H2,1-2H3,(H,21,22)/p-1. The number of benzene rings is 1. The number of halogens is 3. The first-order valence-corrected chi connectivity index (χ1v) is 9.77. The molecule has 2 unspecified atom stereocenters. The van der Waals surface area contributed by atoms with Crippen molar-refractivity contribution in [1.29, 1.82) is 0 Å². The fourth-order valence-electron chi connectivity index (χ4n) is 3.35. The van der Waals surface area contributed by atoms with Crippen molar-refractivity contribution in [2.45, 2.75) is 48.6 Å². The fourth-order valence-corrected chi connectivity index (χ4v) is 4.98. The van der Waals surface area contributed by atoms with Crippen molar-refractivity contribution >= 4 is 44.7 Å². The van der Waals surface area contributed by atoms with E-state index in [2.05, 4.69) is 15.9 Å². The van der Waals surface area contributed by atoms with Gasteiger partial charge in [-0.15, -0.1) is 0 Å². The summed E-state index contributed by atoms with van der Waals surface area (Å²) in [5.41, 5.74) is 2.38. The lowest BCUT2D eigenvalue weighted by Gasteiger charge is -2.34. The zero-order valence-electron chi connectivity index (χ0n) is 12.9. The van der Waals surface area contributed by atoms with E-state index in [1.54, 1.807) is 17.0 Å². The molecule has 0 saturated heterocycles. The second-order valence-corrected chi connectivity index (χ2v) is 9.02. The molecule has 0 aromatic heterocycles. The van der Waals surface area contributed by atoms with Crippen LogP contribution < -0.4 is 0 Å². The van der Waals surface area contributed by atoms with E-state index in [-0.39, 0.29) is 16.3 Å². The van der Waals surface area contributed by atoms with Gasteiger partial charge in [-0.3, -0.25) is 4.21 Å². The summed E-state index contributed by atoms with van der Waals surface area (Å²) < 4.78 is 37.3. The van der Waals surface area contributed by atoms with Gasteiger partial charge in [0.1, 0.15) is 10.8 Å². The number of rotatable bonds is 3. The highest BCUT2D eigenvalue weighted by atomic mass is 79.9. The third-order valence-electron chi connectivity index (χ3n) is 4.21. The van der Waals surface area contributed by atoms with Gasteiger partial charge in [-0.2, -0.15) is 0 Å². The highest BCUT2D eigenvalue weighted by molar-refractivity contribution is 9.09. The molecule has 126 valence electrons. The maximum Gasteiger partial charge on any atom is 0.122 e. The molecule has 2 aliphatic rings. The molecule has 1 aliphatic heterocycles. The highest BCUT2D eigenvalue weighted by Gasteiger charge is 2.32. The lowest BCUT2D eigenvalue weighted by molar-refractivity contribution is 0.148. The van der Waals surface area contributed by atoms with Crippen LogP contribution in [0, 0.1) is 0 Å². The van der Waals surface area contributed by atoms with Gasteiger partial charge < -0.3 is 9.45 Å². The average molecular weight is 422 g/mol. The van der Waals surface area contributed by atoms with Crippen LogP contribution in [0.3, 0.4) is 0 Å². The van der Waals surface area contributed by atoms with Crippen LogP contribution >= 0.6 is 27.5 Å². The van der Waals surface area contributed by atoms with Crippen LogP contribution in [-0.2, 0) is 24.0 Å². The summed E-state index contributed by atoms with van der Waals surface area (Å²) in [5, 5.41) is 0.374. The largest absolute Gasteiger partial charge is 0.768 e. The highest BCUT2D eigenvalue weighted by Crippen LogP contribution is 2.45. The van der Waals surface area contributed by atoms with Gasteiger partial charge in [0.15, 0.2) is 0 Å². The third kappa shape index (κ3) is 3.36. The number of fused-ring (bicyclic) bond motifs is 3. The summed E-state index contributed by atoms with van der Waals surface area (Å²) in [4.78, 5) is 2.24. The number of nitrogens with zero attached hydrogens (tertiary/aromatic N) is 1. The Kier molecular flexibility index (Phi) is 4.64. The summed E-state index contributed by atoms with van der Waals surface area (Å²) in [6, 6.07) is 1.74. The number of hydrogen-bond acceptors (Lipinski definition) is 3. The van der Waals surface area contributed by atoms with E-state index in [0.29, 0.717) is 17.3 Å². The third-order valence-corrected chi connectivity index (χ3v) is 6.17. The van der Waals surface area contributed by atoms with E-state index in [4.69, 9.17) is 11.6 Å². The molecule has 0 fully saturated rings. The summed E-state index contributed by atoms with van der Waals surface area (Å²) in [7, 11) is 0. The molecule has 0 bridgehead atoms. The number of hydrogen-bond donors (Lipinski definition) is 0. The smallest absolute Gasteiger partial charge is 0.122 e. The first-order chi connectivity index (χ1) is 10.7.